The SMILES string of the molecule is NCCC(=O)NCC(=O)NCC(=O)N[C@@H](Cc1ccccc1)C(=O)NCC(=O)NCO[C@@H](CC(=O)O)C1CC1. The molecule has 0 radical (unpaired) electrons. The van der Waals surface area contributed by atoms with Gasteiger partial charge in [-0.2, -0.15) is 0 Å². The number of aliphatic carboxylic acids is 1. The van der Waals surface area contributed by atoms with Gasteiger partial charge in [0.2, 0.25) is 29.5 Å². The predicted molar refractivity (Wildman–Crippen MR) is 138 cm³/mol. The third-order valence-electron chi connectivity index (χ3n) is 5.71. The fourth-order valence-corrected chi connectivity index (χ4v) is 3.53. The molecule has 0 aliphatic heterocycles. The topological polar surface area (TPSA) is 218 Å². The number of amides is 5. The number of benzene rings is 1. The Morgan fingerprint density at radius 3 is 2.13 bits per heavy atom. The van der Waals surface area contributed by atoms with E-state index in [1.807, 2.05) is 0 Å². The van der Waals surface area contributed by atoms with Crippen LogP contribution in [0.15, 0.2) is 30.3 Å². The highest BCUT2D eigenvalue weighted by molar-refractivity contribution is 5.92. The molecule has 1 aromatic carbocycles. The molecule has 14 nitrogen and oxygen atoms in total. The number of hydrogen-bond acceptors (Lipinski definition) is 8. The van der Waals surface area contributed by atoms with Crippen molar-refractivity contribution in [3.8, 4) is 0 Å². The first-order valence-electron chi connectivity index (χ1n) is 12.6. The van der Waals surface area contributed by atoms with Gasteiger partial charge < -0.3 is 42.2 Å². The van der Waals surface area contributed by atoms with Crippen LogP contribution in [0.25, 0.3) is 0 Å². The summed E-state index contributed by atoms with van der Waals surface area (Å²) in [4.78, 5) is 71.6. The number of nitrogens with two attached hydrogens (primary N) is 1. The normalized spacial score (nSPS) is 13.9. The van der Waals surface area contributed by atoms with Crippen LogP contribution < -0.4 is 32.3 Å². The van der Waals surface area contributed by atoms with Gasteiger partial charge in [-0.15, -0.1) is 0 Å². The fraction of sp³-hybridized carbons (Fsp3) is 0.520. The molecule has 39 heavy (non-hydrogen) atoms. The molecule has 0 heterocycles. The number of ether oxygens (including phenoxy) is 1. The van der Waals surface area contributed by atoms with Crippen molar-refractivity contribution in [2.24, 2.45) is 11.7 Å². The Kier molecular flexibility index (Phi) is 13.4. The second-order valence-electron chi connectivity index (χ2n) is 9.00. The number of rotatable bonds is 18. The van der Waals surface area contributed by atoms with Gasteiger partial charge in [-0.1, -0.05) is 30.3 Å². The van der Waals surface area contributed by atoms with E-state index in [9.17, 15) is 28.8 Å². The lowest BCUT2D eigenvalue weighted by Crippen LogP contribution is -2.52. The Bertz CT molecular complexity index is 1000. The molecular weight excluding hydrogens is 512 g/mol. The standard InChI is InChI=1S/C25H36N6O8/c26-9-8-20(32)27-12-21(33)28-14-23(35)31-18(10-16-4-2-1-3-5-16)25(38)29-13-22(34)30-15-39-19(11-24(36)37)17-6-7-17/h1-5,17-19H,6-15,26H2,(H,27,32)(H,28,33)(H,29,38)(H,30,34)(H,31,35)(H,36,37)/t18-,19-/m0/s1. The number of nitrogens with one attached hydrogen (secondary N) is 5. The Morgan fingerprint density at radius 1 is 0.872 bits per heavy atom. The van der Waals surface area contributed by atoms with E-state index >= 15 is 0 Å². The first-order chi connectivity index (χ1) is 18.7. The number of carboxylic acid groups (broad SMARTS) is 1. The predicted octanol–water partition coefficient (Wildman–Crippen LogP) is -2.25. The zero-order valence-corrected chi connectivity index (χ0v) is 21.6. The molecule has 1 saturated carbocycles. The molecule has 0 saturated heterocycles. The van der Waals surface area contributed by atoms with Crippen molar-refractivity contribution in [2.45, 2.75) is 44.2 Å². The molecule has 1 aromatic rings. The van der Waals surface area contributed by atoms with Gasteiger partial charge in [0.15, 0.2) is 0 Å². The summed E-state index contributed by atoms with van der Waals surface area (Å²) in [7, 11) is 0. The maximum Gasteiger partial charge on any atom is 0.305 e. The van der Waals surface area contributed by atoms with Crippen molar-refractivity contribution < 1.29 is 38.6 Å². The molecule has 8 N–H and O–H groups in total. The molecule has 2 atom stereocenters. The van der Waals surface area contributed by atoms with Crippen LogP contribution in [0.2, 0.25) is 0 Å². The lowest BCUT2D eigenvalue weighted by atomic mass is 10.1. The maximum atomic E-state index is 12.8. The van der Waals surface area contributed by atoms with Crippen LogP contribution in [0.4, 0.5) is 0 Å². The van der Waals surface area contributed by atoms with E-state index in [1.165, 1.54) is 0 Å². The minimum absolute atomic E-state index is 0.0702. The molecule has 0 unspecified atom stereocenters. The van der Waals surface area contributed by atoms with Crippen molar-refractivity contribution in [3.63, 3.8) is 0 Å². The monoisotopic (exact) mass is 548 g/mol. The van der Waals surface area contributed by atoms with Gasteiger partial charge in [0, 0.05) is 19.4 Å². The van der Waals surface area contributed by atoms with Gasteiger partial charge in [-0.25, -0.2) is 0 Å². The van der Waals surface area contributed by atoms with Gasteiger partial charge in [-0.05, 0) is 24.3 Å². The van der Waals surface area contributed by atoms with E-state index in [2.05, 4.69) is 26.6 Å². The second kappa shape index (κ2) is 16.7. The zero-order valence-electron chi connectivity index (χ0n) is 21.6. The van der Waals surface area contributed by atoms with Gasteiger partial charge in [0.25, 0.3) is 0 Å². The average Bonchev–Trinajstić information content (AvgIpc) is 3.74. The lowest BCUT2D eigenvalue weighted by Gasteiger charge is -2.19. The highest BCUT2D eigenvalue weighted by Crippen LogP contribution is 2.35. The minimum atomic E-state index is -1.04. The van der Waals surface area contributed by atoms with Gasteiger partial charge in [-0.3, -0.25) is 28.8 Å². The smallest absolute Gasteiger partial charge is 0.305 e. The molecule has 2 rings (SSSR count). The van der Waals surface area contributed by atoms with E-state index in [4.69, 9.17) is 15.6 Å². The maximum absolute atomic E-state index is 12.8. The minimum Gasteiger partial charge on any atom is -0.481 e. The third-order valence-corrected chi connectivity index (χ3v) is 5.71. The Balaban J connectivity index is 1.81. The van der Waals surface area contributed by atoms with Gasteiger partial charge >= 0.3 is 5.97 Å². The van der Waals surface area contributed by atoms with Crippen LogP contribution in [-0.2, 0) is 39.9 Å². The molecule has 14 heteroatoms. The highest BCUT2D eigenvalue weighted by Gasteiger charge is 2.33. The highest BCUT2D eigenvalue weighted by atomic mass is 16.5. The van der Waals surface area contributed by atoms with Crippen molar-refractivity contribution in [1.82, 2.24) is 26.6 Å². The first-order valence-corrected chi connectivity index (χ1v) is 12.6. The number of carbonyl (C=O) groups excluding carboxylic acids is 5. The Labute approximate surface area is 225 Å². The van der Waals surface area contributed by atoms with Gasteiger partial charge in [0.1, 0.15) is 12.8 Å². The summed E-state index contributed by atoms with van der Waals surface area (Å²) in [5.41, 5.74) is 6.02. The molecule has 1 fully saturated rings. The second-order valence-corrected chi connectivity index (χ2v) is 9.00. The van der Waals surface area contributed by atoms with E-state index in [1.54, 1.807) is 30.3 Å². The summed E-state index contributed by atoms with van der Waals surface area (Å²) in [5, 5.41) is 21.2. The fourth-order valence-electron chi connectivity index (χ4n) is 3.53. The quantitative estimate of drug-likeness (QED) is 0.0985. The summed E-state index contributed by atoms with van der Waals surface area (Å²) >= 11 is 0. The average molecular weight is 549 g/mol. The molecule has 0 bridgehead atoms. The number of carboxylic acids is 1. The van der Waals surface area contributed by atoms with Crippen LogP contribution >= 0.6 is 0 Å². The van der Waals surface area contributed by atoms with Crippen LogP contribution in [0, 0.1) is 5.92 Å². The van der Waals surface area contributed by atoms with E-state index < -0.39 is 60.7 Å². The van der Waals surface area contributed by atoms with Crippen LogP contribution in [-0.4, -0.2) is 85.7 Å². The van der Waals surface area contributed by atoms with E-state index in [-0.39, 0.29) is 45.0 Å². The summed E-state index contributed by atoms with van der Waals surface area (Å²) < 4.78 is 5.48. The van der Waals surface area contributed by atoms with Gasteiger partial charge in [0.05, 0.1) is 32.2 Å². The zero-order chi connectivity index (χ0) is 28.6. The summed E-state index contributed by atoms with van der Waals surface area (Å²) in [5.74, 6) is -3.62. The van der Waals surface area contributed by atoms with Crippen LogP contribution in [0.1, 0.15) is 31.2 Å². The first kappa shape index (κ1) is 31.2. The summed E-state index contributed by atoms with van der Waals surface area (Å²) in [6, 6.07) is 7.86. The largest absolute Gasteiger partial charge is 0.481 e. The van der Waals surface area contributed by atoms with Crippen molar-refractivity contribution in [3.05, 3.63) is 35.9 Å². The molecule has 1 aliphatic carbocycles. The van der Waals surface area contributed by atoms with E-state index in [0.717, 1.165) is 18.4 Å². The molecule has 214 valence electrons. The molecular formula is C25H36N6O8. The van der Waals surface area contributed by atoms with E-state index in [0.29, 0.717) is 0 Å². The lowest BCUT2D eigenvalue weighted by molar-refractivity contribution is -0.141. The molecule has 0 aromatic heterocycles. The molecule has 5 amide bonds. The molecule has 1 aliphatic rings. The van der Waals surface area contributed by atoms with Crippen molar-refractivity contribution >= 4 is 35.5 Å². The summed E-state index contributed by atoms with van der Waals surface area (Å²) in [6.45, 7) is -1.20. The number of carbonyl (C=O) groups is 6. The van der Waals surface area contributed by atoms with Crippen LogP contribution in [0.5, 0.6) is 0 Å². The van der Waals surface area contributed by atoms with Crippen molar-refractivity contribution in [1.29, 1.82) is 0 Å². The molecule has 0 spiro atoms. The summed E-state index contributed by atoms with van der Waals surface area (Å²) in [6.07, 6.45) is 1.33. The van der Waals surface area contributed by atoms with Crippen molar-refractivity contribution in [2.75, 3.05) is 32.9 Å². The number of hydrogen-bond donors (Lipinski definition) is 7. The Morgan fingerprint density at radius 2 is 1.49 bits per heavy atom. The third kappa shape index (κ3) is 13.4. The Hall–Kier alpha value is -4.04. The van der Waals surface area contributed by atoms with Crippen LogP contribution in [0.3, 0.4) is 0 Å².